The molecule has 0 unspecified atom stereocenters. The van der Waals surface area contributed by atoms with Gasteiger partial charge in [0.15, 0.2) is 5.11 Å². The molecule has 2 aromatic rings. The number of halogens is 2. The summed E-state index contributed by atoms with van der Waals surface area (Å²) < 4.78 is 12.0. The highest BCUT2D eigenvalue weighted by atomic mass is 35.5. The van der Waals surface area contributed by atoms with Crippen molar-refractivity contribution in [3.8, 4) is 0 Å². The van der Waals surface area contributed by atoms with Crippen LogP contribution in [-0.2, 0) is 4.86 Å². The van der Waals surface area contributed by atoms with E-state index in [0.717, 1.165) is 5.69 Å². The molecule has 0 fully saturated rings. The van der Waals surface area contributed by atoms with E-state index in [1.165, 1.54) is 12.1 Å². The van der Waals surface area contributed by atoms with Gasteiger partial charge in [0.05, 0.1) is 0 Å². The van der Waals surface area contributed by atoms with Crippen LogP contribution in [-0.4, -0.2) is 17.3 Å². The molecule has 0 radical (unpaired) electrons. The highest BCUT2D eigenvalue weighted by molar-refractivity contribution is 7.80. The molecule has 21 heavy (non-hydrogen) atoms. The molecule has 3 N–H and O–H groups in total. The van der Waals surface area contributed by atoms with Gasteiger partial charge in [0.25, 0.3) is 0 Å². The fourth-order valence-corrected chi connectivity index (χ4v) is 2.18. The van der Waals surface area contributed by atoms with Crippen molar-refractivity contribution >= 4 is 52.9 Å². The average molecular weight is 325 g/mol. The van der Waals surface area contributed by atoms with Gasteiger partial charge in [0, 0.05) is 21.9 Å². The Bertz CT molecular complexity index is 633. The van der Waals surface area contributed by atoms with Gasteiger partial charge in [-0.2, -0.15) is 0 Å². The monoisotopic (exact) mass is 324 g/mol. The van der Waals surface area contributed by atoms with Crippen LogP contribution in [0.3, 0.4) is 0 Å². The number of hydrogen-bond acceptors (Lipinski definition) is 3. The number of hydrogen-bond donors (Lipinski definition) is 3. The molecule has 0 aromatic heterocycles. The standard InChI is InChI=1S/C13H11BClFN2O2S/c15-12-8-10(6-7-11(12)14(19)20-16)18-13(21)17-9-4-2-1-3-5-9/h1-8,19H,(H2,17,18,21). The third-order valence-electron chi connectivity index (χ3n) is 2.64. The fraction of sp³-hybridized carbons (Fsp3) is 0. The van der Waals surface area contributed by atoms with Crippen molar-refractivity contribution in [2.24, 2.45) is 0 Å². The third kappa shape index (κ3) is 4.40. The molecule has 0 spiro atoms. The molecule has 0 aliphatic carbocycles. The Morgan fingerprint density at radius 3 is 2.43 bits per heavy atom. The summed E-state index contributed by atoms with van der Waals surface area (Å²) in [6.45, 7) is 0. The molecule has 0 bridgehead atoms. The van der Waals surface area contributed by atoms with E-state index in [4.69, 9.17) is 23.8 Å². The first-order valence-electron chi connectivity index (χ1n) is 5.98. The zero-order valence-electron chi connectivity index (χ0n) is 10.7. The summed E-state index contributed by atoms with van der Waals surface area (Å²) in [6, 6.07) is 14.0. The fourth-order valence-electron chi connectivity index (χ4n) is 1.67. The molecular formula is C13H11BClFN2O2S. The zero-order valence-corrected chi connectivity index (χ0v) is 12.3. The molecule has 0 saturated carbocycles. The first kappa shape index (κ1) is 15.7. The van der Waals surface area contributed by atoms with Crippen LogP contribution in [0.4, 0.5) is 15.9 Å². The van der Waals surface area contributed by atoms with Crippen molar-refractivity contribution < 1.29 is 14.4 Å². The molecule has 0 aliphatic heterocycles. The van der Waals surface area contributed by atoms with Crippen molar-refractivity contribution in [3.63, 3.8) is 0 Å². The second-order valence-electron chi connectivity index (χ2n) is 4.12. The van der Waals surface area contributed by atoms with Gasteiger partial charge in [-0.15, -0.1) is 0 Å². The predicted octanol–water partition coefficient (Wildman–Crippen LogP) is 2.74. The van der Waals surface area contributed by atoms with Crippen LogP contribution in [0.2, 0.25) is 5.02 Å². The Labute approximate surface area is 131 Å². The molecule has 2 rings (SSSR count). The quantitative estimate of drug-likeness (QED) is 0.596. The lowest BCUT2D eigenvalue weighted by Gasteiger charge is -2.12. The maximum absolute atomic E-state index is 12.0. The van der Waals surface area contributed by atoms with Gasteiger partial charge in [-0.3, -0.25) is 0 Å². The van der Waals surface area contributed by atoms with E-state index in [1.807, 2.05) is 30.3 Å². The van der Waals surface area contributed by atoms with Gasteiger partial charge in [-0.1, -0.05) is 40.4 Å². The zero-order chi connectivity index (χ0) is 15.2. The Hall–Kier alpha value is -1.67. The second-order valence-corrected chi connectivity index (χ2v) is 4.94. The van der Waals surface area contributed by atoms with Crippen LogP contribution in [0.25, 0.3) is 0 Å². The number of thiocarbonyl (C=S) groups is 1. The summed E-state index contributed by atoms with van der Waals surface area (Å²) >= 11 is 11.1. The van der Waals surface area contributed by atoms with Crippen LogP contribution in [0.15, 0.2) is 48.5 Å². The number of anilines is 2. The summed E-state index contributed by atoms with van der Waals surface area (Å²) in [4.78, 5) is 3.33. The van der Waals surface area contributed by atoms with Crippen LogP contribution in [0, 0.1) is 0 Å². The SMILES string of the molecule is OB(OF)c1ccc(NC(=S)Nc2ccccc2)cc1Cl. The second kappa shape index (κ2) is 7.37. The Kier molecular flexibility index (Phi) is 5.52. The highest BCUT2D eigenvalue weighted by Crippen LogP contribution is 2.15. The Morgan fingerprint density at radius 1 is 1.14 bits per heavy atom. The van der Waals surface area contributed by atoms with Crippen LogP contribution in [0.1, 0.15) is 0 Å². The van der Waals surface area contributed by atoms with Gasteiger partial charge in [0.2, 0.25) is 0 Å². The summed E-state index contributed by atoms with van der Waals surface area (Å²) in [5, 5.41) is 15.7. The van der Waals surface area contributed by atoms with Crippen molar-refractivity contribution in [1.29, 1.82) is 0 Å². The van der Waals surface area contributed by atoms with E-state index >= 15 is 0 Å². The van der Waals surface area contributed by atoms with Crippen molar-refractivity contribution in [3.05, 3.63) is 53.6 Å². The molecule has 0 heterocycles. The van der Waals surface area contributed by atoms with Gasteiger partial charge in [0.1, 0.15) is 0 Å². The van der Waals surface area contributed by atoms with E-state index in [1.54, 1.807) is 6.07 Å². The molecule has 108 valence electrons. The predicted molar refractivity (Wildman–Crippen MR) is 87.5 cm³/mol. The molecule has 4 nitrogen and oxygen atoms in total. The average Bonchev–Trinajstić information content (AvgIpc) is 2.47. The van der Waals surface area contributed by atoms with Crippen LogP contribution < -0.4 is 16.1 Å². The van der Waals surface area contributed by atoms with E-state index in [2.05, 4.69) is 15.5 Å². The van der Waals surface area contributed by atoms with Crippen LogP contribution >= 0.6 is 23.8 Å². The molecular weight excluding hydrogens is 313 g/mol. The normalized spacial score (nSPS) is 10.0. The number of para-hydroxylation sites is 1. The van der Waals surface area contributed by atoms with Gasteiger partial charge in [-0.25, -0.2) is 4.86 Å². The summed E-state index contributed by atoms with van der Waals surface area (Å²) in [5.74, 6) is 0. The first-order valence-corrected chi connectivity index (χ1v) is 6.76. The minimum atomic E-state index is -1.71. The smallest absolute Gasteiger partial charge is 0.421 e. The summed E-state index contributed by atoms with van der Waals surface area (Å²) in [7, 11) is -1.71. The molecule has 0 aliphatic rings. The number of rotatable bonds is 4. The van der Waals surface area contributed by atoms with Gasteiger partial charge >= 0.3 is 7.12 Å². The van der Waals surface area contributed by atoms with E-state index in [-0.39, 0.29) is 10.5 Å². The summed E-state index contributed by atoms with van der Waals surface area (Å²) in [5.41, 5.74) is 1.58. The van der Waals surface area contributed by atoms with Crippen molar-refractivity contribution in [2.45, 2.75) is 0 Å². The van der Waals surface area contributed by atoms with E-state index in [0.29, 0.717) is 10.8 Å². The molecule has 2 aromatic carbocycles. The molecule has 8 heteroatoms. The van der Waals surface area contributed by atoms with Crippen LogP contribution in [0.5, 0.6) is 0 Å². The molecule has 0 atom stereocenters. The van der Waals surface area contributed by atoms with Crippen molar-refractivity contribution in [1.82, 2.24) is 0 Å². The van der Waals surface area contributed by atoms with E-state index < -0.39 is 7.12 Å². The van der Waals surface area contributed by atoms with E-state index in [9.17, 15) is 9.55 Å². The lowest BCUT2D eigenvalue weighted by molar-refractivity contribution is -0.0267. The Morgan fingerprint density at radius 2 is 1.81 bits per heavy atom. The maximum Gasteiger partial charge on any atom is 0.531 e. The largest absolute Gasteiger partial charge is 0.531 e. The minimum absolute atomic E-state index is 0.131. The Balaban J connectivity index is 2.03. The highest BCUT2D eigenvalue weighted by Gasteiger charge is 2.21. The number of nitrogens with one attached hydrogen (secondary N) is 2. The van der Waals surface area contributed by atoms with Gasteiger partial charge < -0.3 is 15.7 Å². The minimum Gasteiger partial charge on any atom is -0.421 e. The van der Waals surface area contributed by atoms with Crippen molar-refractivity contribution in [2.75, 3.05) is 10.6 Å². The lowest BCUT2D eigenvalue weighted by Crippen LogP contribution is -2.32. The van der Waals surface area contributed by atoms with Gasteiger partial charge in [-0.05, 0) is 36.5 Å². The first-order chi connectivity index (χ1) is 10.1. The summed E-state index contributed by atoms with van der Waals surface area (Å²) in [6.07, 6.45) is 0. The maximum atomic E-state index is 12.0. The molecule has 0 saturated heterocycles. The molecule has 0 amide bonds. The third-order valence-corrected chi connectivity index (χ3v) is 3.17. The topological polar surface area (TPSA) is 53.5 Å². The lowest BCUT2D eigenvalue weighted by atomic mass is 9.80. The number of benzene rings is 2.